The number of thiophene rings is 1. The van der Waals surface area contributed by atoms with E-state index in [1.54, 1.807) is 18.4 Å². The summed E-state index contributed by atoms with van der Waals surface area (Å²) < 4.78 is 5.45. The van der Waals surface area contributed by atoms with E-state index in [9.17, 15) is 5.11 Å². The molecule has 1 saturated heterocycles. The summed E-state index contributed by atoms with van der Waals surface area (Å²) in [5, 5.41) is 19.0. The minimum Gasteiger partial charge on any atom is -0.383 e. The molecule has 2 heterocycles. The zero-order valence-corrected chi connectivity index (χ0v) is 13.8. The van der Waals surface area contributed by atoms with Crippen molar-refractivity contribution in [3.8, 4) is 0 Å². The molecule has 118 valence electrons. The summed E-state index contributed by atoms with van der Waals surface area (Å²) in [5.74, 6) is 0.708. The Hall–Kier alpha value is -1.11. The molecule has 0 aliphatic carbocycles. The van der Waals surface area contributed by atoms with E-state index in [-0.39, 0.29) is 5.41 Å². The van der Waals surface area contributed by atoms with Crippen molar-refractivity contribution in [3.63, 3.8) is 0 Å². The number of hydrogen-bond donors (Lipinski definition) is 3. The van der Waals surface area contributed by atoms with Crippen LogP contribution in [0.3, 0.4) is 0 Å². The lowest BCUT2D eigenvalue weighted by Gasteiger charge is -2.26. The lowest BCUT2D eigenvalue weighted by Crippen LogP contribution is -2.47. The highest BCUT2D eigenvalue weighted by Crippen LogP contribution is 2.26. The molecule has 3 N–H and O–H groups in total. The molecule has 0 aromatic carbocycles. The van der Waals surface area contributed by atoms with Crippen molar-refractivity contribution >= 4 is 17.3 Å². The van der Waals surface area contributed by atoms with Gasteiger partial charge >= 0.3 is 0 Å². The molecule has 6 heteroatoms. The lowest BCUT2D eigenvalue weighted by molar-refractivity contribution is 0.0655. The monoisotopic (exact) mass is 311 g/mol. The van der Waals surface area contributed by atoms with E-state index in [2.05, 4.69) is 22.5 Å². The van der Waals surface area contributed by atoms with E-state index in [4.69, 9.17) is 4.74 Å². The fourth-order valence-electron chi connectivity index (χ4n) is 2.29. The van der Waals surface area contributed by atoms with Gasteiger partial charge in [0.15, 0.2) is 5.96 Å². The molecule has 1 aliphatic heterocycles. The molecule has 2 rings (SSSR count). The Kier molecular flexibility index (Phi) is 5.24. The highest BCUT2D eigenvalue weighted by atomic mass is 32.1. The van der Waals surface area contributed by atoms with Gasteiger partial charge in [-0.2, -0.15) is 0 Å². The van der Waals surface area contributed by atoms with Gasteiger partial charge in [-0.15, -0.1) is 11.3 Å². The molecule has 1 fully saturated rings. The lowest BCUT2D eigenvalue weighted by atomic mass is 9.90. The van der Waals surface area contributed by atoms with Crippen molar-refractivity contribution in [2.75, 3.05) is 33.4 Å². The summed E-state index contributed by atoms with van der Waals surface area (Å²) in [6.45, 7) is 6.86. The summed E-state index contributed by atoms with van der Waals surface area (Å²) in [6, 6.07) is 3.89. The van der Waals surface area contributed by atoms with Gasteiger partial charge in [0.2, 0.25) is 0 Å². The molecule has 0 bridgehead atoms. The predicted molar refractivity (Wildman–Crippen MR) is 86.8 cm³/mol. The van der Waals surface area contributed by atoms with Gasteiger partial charge in [-0.25, -0.2) is 0 Å². The first kappa shape index (κ1) is 16.3. The van der Waals surface area contributed by atoms with Crippen LogP contribution in [0.25, 0.3) is 0 Å². The van der Waals surface area contributed by atoms with Gasteiger partial charge < -0.3 is 20.5 Å². The van der Waals surface area contributed by atoms with Gasteiger partial charge in [0.05, 0.1) is 13.2 Å². The Labute approximate surface area is 130 Å². The molecule has 1 aromatic rings. The summed E-state index contributed by atoms with van der Waals surface area (Å²) in [5.41, 5.74) is -0.736. The number of nitrogens with zero attached hydrogens (tertiary/aromatic N) is 1. The van der Waals surface area contributed by atoms with Crippen molar-refractivity contribution < 1.29 is 9.84 Å². The summed E-state index contributed by atoms with van der Waals surface area (Å²) in [6.07, 6.45) is 1.06. The zero-order valence-electron chi connectivity index (χ0n) is 13.0. The number of aliphatic hydroxyl groups is 1. The maximum absolute atomic E-state index is 10.5. The van der Waals surface area contributed by atoms with Crippen LogP contribution in [0.5, 0.6) is 0 Å². The minimum atomic E-state index is -0.897. The topological polar surface area (TPSA) is 65.9 Å². The average molecular weight is 311 g/mol. The second-order valence-electron chi connectivity index (χ2n) is 6.14. The second-order valence-corrected chi connectivity index (χ2v) is 7.09. The summed E-state index contributed by atoms with van der Waals surface area (Å²) in [7, 11) is 1.74. The molecule has 1 aliphatic rings. The summed E-state index contributed by atoms with van der Waals surface area (Å²) in [4.78, 5) is 5.16. The van der Waals surface area contributed by atoms with E-state index in [0.717, 1.165) is 31.1 Å². The molecule has 5 nitrogen and oxygen atoms in total. The van der Waals surface area contributed by atoms with Crippen LogP contribution < -0.4 is 10.6 Å². The number of aliphatic imine (C=N–C) groups is 1. The Bertz CT molecular complexity index is 465. The van der Waals surface area contributed by atoms with Gasteiger partial charge in [-0.3, -0.25) is 4.99 Å². The van der Waals surface area contributed by atoms with Crippen molar-refractivity contribution in [2.45, 2.75) is 25.9 Å². The third-order valence-electron chi connectivity index (χ3n) is 3.86. The van der Waals surface area contributed by atoms with E-state index in [1.807, 2.05) is 24.4 Å². The normalized spacial score (nSPS) is 25.6. The van der Waals surface area contributed by atoms with Crippen molar-refractivity contribution in [1.82, 2.24) is 10.6 Å². The Morgan fingerprint density at radius 2 is 2.38 bits per heavy atom. The van der Waals surface area contributed by atoms with Crippen molar-refractivity contribution in [2.24, 2.45) is 10.4 Å². The largest absolute Gasteiger partial charge is 0.383 e. The highest BCUT2D eigenvalue weighted by Gasteiger charge is 2.30. The fourth-order valence-corrected chi connectivity index (χ4v) is 3.08. The van der Waals surface area contributed by atoms with Crippen molar-refractivity contribution in [1.29, 1.82) is 0 Å². The SMILES string of the molecule is CN=C(NCC1(C)CCOC1)NCC(C)(O)c1cccs1. The van der Waals surface area contributed by atoms with Crippen LogP contribution in [0.15, 0.2) is 22.5 Å². The molecule has 1 aromatic heterocycles. The van der Waals surface area contributed by atoms with Crippen LogP contribution in [0, 0.1) is 5.41 Å². The molecule has 0 saturated carbocycles. The van der Waals surface area contributed by atoms with Gasteiger partial charge in [-0.05, 0) is 24.8 Å². The average Bonchev–Trinajstić information content (AvgIpc) is 3.11. The maximum Gasteiger partial charge on any atom is 0.191 e. The minimum absolute atomic E-state index is 0.161. The Morgan fingerprint density at radius 1 is 1.57 bits per heavy atom. The molecular formula is C15H25N3O2S. The molecule has 0 amide bonds. The van der Waals surface area contributed by atoms with E-state index < -0.39 is 5.60 Å². The molecule has 0 radical (unpaired) electrons. The number of hydrogen-bond acceptors (Lipinski definition) is 4. The first-order chi connectivity index (χ1) is 9.95. The molecule has 0 spiro atoms. The Morgan fingerprint density at radius 3 is 2.95 bits per heavy atom. The first-order valence-corrected chi connectivity index (χ1v) is 8.12. The first-order valence-electron chi connectivity index (χ1n) is 7.24. The van der Waals surface area contributed by atoms with Crippen LogP contribution in [0.2, 0.25) is 0 Å². The number of guanidine groups is 1. The van der Waals surface area contributed by atoms with Gasteiger partial charge in [0.25, 0.3) is 0 Å². The van der Waals surface area contributed by atoms with Crippen LogP contribution in [-0.4, -0.2) is 44.4 Å². The maximum atomic E-state index is 10.5. The standard InChI is InChI=1S/C15H25N3O2S/c1-14(6-7-20-11-14)9-17-13(16-3)18-10-15(2,19)12-5-4-8-21-12/h4-5,8,19H,6-7,9-11H2,1-3H3,(H2,16,17,18). The number of ether oxygens (including phenoxy) is 1. The van der Waals surface area contributed by atoms with Crippen LogP contribution >= 0.6 is 11.3 Å². The smallest absolute Gasteiger partial charge is 0.191 e. The van der Waals surface area contributed by atoms with E-state index >= 15 is 0 Å². The molecule has 21 heavy (non-hydrogen) atoms. The quantitative estimate of drug-likeness (QED) is 0.570. The second kappa shape index (κ2) is 6.77. The van der Waals surface area contributed by atoms with Crippen LogP contribution in [-0.2, 0) is 10.3 Å². The van der Waals surface area contributed by atoms with Gasteiger partial charge in [0.1, 0.15) is 5.60 Å². The highest BCUT2D eigenvalue weighted by molar-refractivity contribution is 7.10. The fraction of sp³-hybridized carbons (Fsp3) is 0.667. The predicted octanol–water partition coefficient (Wildman–Crippen LogP) is 1.55. The van der Waals surface area contributed by atoms with E-state index in [1.165, 1.54) is 0 Å². The van der Waals surface area contributed by atoms with Crippen molar-refractivity contribution in [3.05, 3.63) is 22.4 Å². The Balaban J connectivity index is 1.83. The molecule has 2 unspecified atom stereocenters. The summed E-state index contributed by atoms with van der Waals surface area (Å²) >= 11 is 1.56. The molecular weight excluding hydrogens is 286 g/mol. The zero-order chi connectivity index (χ0) is 15.3. The third-order valence-corrected chi connectivity index (χ3v) is 4.98. The molecule has 2 atom stereocenters. The number of nitrogens with one attached hydrogen (secondary N) is 2. The van der Waals surface area contributed by atoms with Crippen LogP contribution in [0.1, 0.15) is 25.1 Å². The number of rotatable bonds is 5. The van der Waals surface area contributed by atoms with E-state index in [0.29, 0.717) is 12.5 Å². The van der Waals surface area contributed by atoms with Crippen LogP contribution in [0.4, 0.5) is 0 Å². The van der Waals surface area contributed by atoms with Gasteiger partial charge in [-0.1, -0.05) is 13.0 Å². The third kappa shape index (κ3) is 4.43. The van der Waals surface area contributed by atoms with Gasteiger partial charge in [0, 0.05) is 30.5 Å².